The van der Waals surface area contributed by atoms with Crippen LogP contribution in [0.3, 0.4) is 0 Å². The SMILES string of the molecule is Cc1[nH]c2ccccc2c1[C@H]1C(c2ccccc2)=NN=C(C(C)C)N1O. The van der Waals surface area contributed by atoms with Gasteiger partial charge in [0.25, 0.3) is 0 Å². The molecule has 2 heterocycles. The normalized spacial score (nSPS) is 17.6. The minimum atomic E-state index is -0.413. The van der Waals surface area contributed by atoms with E-state index in [0.29, 0.717) is 5.84 Å². The van der Waals surface area contributed by atoms with Crippen LogP contribution in [0.15, 0.2) is 64.8 Å². The number of aryl methyl sites for hydroxylation is 1. The molecule has 1 atom stereocenters. The lowest BCUT2D eigenvalue weighted by atomic mass is 9.93. The number of nitrogens with one attached hydrogen (secondary N) is 1. The molecule has 1 aromatic heterocycles. The van der Waals surface area contributed by atoms with Gasteiger partial charge in [-0.25, -0.2) is 5.06 Å². The number of fused-ring (bicyclic) bond motifs is 1. The van der Waals surface area contributed by atoms with E-state index in [1.54, 1.807) is 0 Å². The van der Waals surface area contributed by atoms with Gasteiger partial charge in [-0.05, 0) is 13.0 Å². The first-order valence-corrected chi connectivity index (χ1v) is 8.84. The Hall–Kier alpha value is -2.92. The Bertz CT molecular complexity index is 1000. The molecule has 4 rings (SSSR count). The van der Waals surface area contributed by atoms with Crippen LogP contribution in [0.4, 0.5) is 0 Å². The molecule has 0 amide bonds. The number of nitrogens with zero attached hydrogens (tertiary/aromatic N) is 3. The van der Waals surface area contributed by atoms with Crippen molar-refractivity contribution in [3.05, 3.63) is 71.4 Å². The summed E-state index contributed by atoms with van der Waals surface area (Å²) in [6, 6.07) is 17.6. The van der Waals surface area contributed by atoms with Crippen LogP contribution in [0.25, 0.3) is 10.9 Å². The monoisotopic (exact) mass is 346 g/mol. The van der Waals surface area contributed by atoms with Gasteiger partial charge in [0.1, 0.15) is 11.8 Å². The standard InChI is InChI=1S/C21H22N4O/c1-13(2)21-24-23-19(15-9-5-4-6-10-15)20(25(21)26)18-14(3)22-17-12-8-7-11-16(17)18/h4-13,20,22,26H,1-3H3/t20-/m0/s1. The molecule has 132 valence electrons. The summed E-state index contributed by atoms with van der Waals surface area (Å²) in [5.74, 6) is 0.633. The predicted octanol–water partition coefficient (Wildman–Crippen LogP) is 4.68. The van der Waals surface area contributed by atoms with E-state index >= 15 is 0 Å². The minimum Gasteiger partial charge on any atom is -0.358 e. The van der Waals surface area contributed by atoms with Crippen molar-refractivity contribution >= 4 is 22.5 Å². The zero-order valence-electron chi connectivity index (χ0n) is 15.1. The molecule has 2 N–H and O–H groups in total. The van der Waals surface area contributed by atoms with Crippen LogP contribution >= 0.6 is 0 Å². The highest BCUT2D eigenvalue weighted by atomic mass is 16.5. The van der Waals surface area contributed by atoms with Crippen molar-refractivity contribution in [1.82, 2.24) is 10.0 Å². The lowest BCUT2D eigenvalue weighted by molar-refractivity contribution is -0.0399. The van der Waals surface area contributed by atoms with E-state index < -0.39 is 6.04 Å². The molecule has 0 aliphatic carbocycles. The van der Waals surface area contributed by atoms with Crippen molar-refractivity contribution in [2.24, 2.45) is 16.1 Å². The molecule has 0 bridgehead atoms. The van der Waals surface area contributed by atoms with Crippen molar-refractivity contribution in [3.63, 3.8) is 0 Å². The van der Waals surface area contributed by atoms with Crippen molar-refractivity contribution in [3.8, 4) is 0 Å². The molecule has 5 nitrogen and oxygen atoms in total. The Morgan fingerprint density at radius 2 is 1.69 bits per heavy atom. The molecule has 5 heteroatoms. The molecule has 0 saturated heterocycles. The summed E-state index contributed by atoms with van der Waals surface area (Å²) in [6.07, 6.45) is 0. The molecular formula is C21H22N4O. The first-order valence-electron chi connectivity index (χ1n) is 8.84. The molecule has 0 fully saturated rings. The van der Waals surface area contributed by atoms with Crippen molar-refractivity contribution in [2.45, 2.75) is 26.8 Å². The van der Waals surface area contributed by atoms with Gasteiger partial charge in [0.05, 0.1) is 0 Å². The lowest BCUT2D eigenvalue weighted by Gasteiger charge is -2.33. The highest BCUT2D eigenvalue weighted by Gasteiger charge is 2.35. The fourth-order valence-corrected chi connectivity index (χ4v) is 3.57. The second-order valence-electron chi connectivity index (χ2n) is 6.92. The van der Waals surface area contributed by atoms with E-state index in [2.05, 4.69) is 21.3 Å². The Balaban J connectivity index is 1.95. The van der Waals surface area contributed by atoms with Gasteiger partial charge >= 0.3 is 0 Å². The second-order valence-corrected chi connectivity index (χ2v) is 6.92. The summed E-state index contributed by atoms with van der Waals surface area (Å²) in [6.45, 7) is 6.04. The van der Waals surface area contributed by atoms with Crippen molar-refractivity contribution in [2.75, 3.05) is 0 Å². The summed E-state index contributed by atoms with van der Waals surface area (Å²) in [5.41, 5.74) is 4.79. The number of rotatable bonds is 3. The van der Waals surface area contributed by atoms with Gasteiger partial charge in [-0.3, -0.25) is 5.21 Å². The summed E-state index contributed by atoms with van der Waals surface area (Å²) in [7, 11) is 0. The Morgan fingerprint density at radius 3 is 2.42 bits per heavy atom. The van der Waals surface area contributed by atoms with Crippen LogP contribution in [-0.2, 0) is 0 Å². The Labute approximate surface area is 152 Å². The van der Waals surface area contributed by atoms with Crippen LogP contribution in [0.1, 0.15) is 36.7 Å². The van der Waals surface area contributed by atoms with E-state index in [1.807, 2.05) is 69.3 Å². The third-order valence-corrected chi connectivity index (χ3v) is 4.80. The highest BCUT2D eigenvalue weighted by molar-refractivity contribution is 6.10. The summed E-state index contributed by atoms with van der Waals surface area (Å²) in [4.78, 5) is 3.43. The van der Waals surface area contributed by atoms with Crippen LogP contribution in [-0.4, -0.2) is 26.8 Å². The number of benzene rings is 2. The Morgan fingerprint density at radius 1 is 1.00 bits per heavy atom. The molecule has 0 radical (unpaired) electrons. The van der Waals surface area contributed by atoms with Crippen LogP contribution in [0.2, 0.25) is 0 Å². The quantitative estimate of drug-likeness (QED) is 0.723. The number of hydroxylamine groups is 2. The molecule has 1 aliphatic rings. The molecular weight excluding hydrogens is 324 g/mol. The molecule has 0 spiro atoms. The number of hydrogen-bond donors (Lipinski definition) is 2. The first-order chi connectivity index (χ1) is 12.6. The van der Waals surface area contributed by atoms with Crippen LogP contribution in [0.5, 0.6) is 0 Å². The molecule has 3 aromatic rings. The average molecular weight is 346 g/mol. The lowest BCUT2D eigenvalue weighted by Crippen LogP contribution is -2.41. The molecule has 26 heavy (non-hydrogen) atoms. The van der Waals surface area contributed by atoms with E-state index in [-0.39, 0.29) is 5.92 Å². The third-order valence-electron chi connectivity index (χ3n) is 4.80. The third kappa shape index (κ3) is 2.61. The second kappa shape index (κ2) is 6.42. The first kappa shape index (κ1) is 16.5. The fourth-order valence-electron chi connectivity index (χ4n) is 3.57. The maximum absolute atomic E-state index is 11.1. The van der Waals surface area contributed by atoms with Gasteiger partial charge in [-0.2, -0.15) is 5.10 Å². The summed E-state index contributed by atoms with van der Waals surface area (Å²) < 4.78 is 0. The van der Waals surface area contributed by atoms with Crippen LogP contribution in [0, 0.1) is 12.8 Å². The summed E-state index contributed by atoms with van der Waals surface area (Å²) >= 11 is 0. The van der Waals surface area contributed by atoms with E-state index in [9.17, 15) is 5.21 Å². The van der Waals surface area contributed by atoms with Gasteiger partial charge in [0.15, 0.2) is 5.84 Å². The number of aromatic nitrogens is 1. The van der Waals surface area contributed by atoms with Crippen molar-refractivity contribution < 1.29 is 5.21 Å². The molecule has 1 aliphatic heterocycles. The van der Waals surface area contributed by atoms with Gasteiger partial charge < -0.3 is 4.98 Å². The maximum Gasteiger partial charge on any atom is 0.154 e. The number of aromatic amines is 1. The summed E-state index contributed by atoms with van der Waals surface area (Å²) in [5, 5.41) is 22.3. The molecule has 0 unspecified atom stereocenters. The Kier molecular flexibility index (Phi) is 4.09. The van der Waals surface area contributed by atoms with E-state index in [4.69, 9.17) is 0 Å². The predicted molar refractivity (Wildman–Crippen MR) is 105 cm³/mol. The molecule has 0 saturated carbocycles. The zero-order chi connectivity index (χ0) is 18.3. The smallest absolute Gasteiger partial charge is 0.154 e. The van der Waals surface area contributed by atoms with Crippen molar-refractivity contribution in [1.29, 1.82) is 0 Å². The van der Waals surface area contributed by atoms with E-state index in [0.717, 1.165) is 33.4 Å². The zero-order valence-corrected chi connectivity index (χ0v) is 15.1. The van der Waals surface area contributed by atoms with Gasteiger partial charge in [-0.1, -0.05) is 62.4 Å². The van der Waals surface area contributed by atoms with Gasteiger partial charge in [-0.15, -0.1) is 5.10 Å². The van der Waals surface area contributed by atoms with Crippen LogP contribution < -0.4 is 0 Å². The molecule has 2 aromatic carbocycles. The van der Waals surface area contributed by atoms with Gasteiger partial charge in [0.2, 0.25) is 0 Å². The largest absolute Gasteiger partial charge is 0.358 e. The average Bonchev–Trinajstić information content (AvgIpc) is 2.97. The number of H-pyrrole nitrogens is 1. The van der Waals surface area contributed by atoms with E-state index in [1.165, 1.54) is 5.06 Å². The number of amidine groups is 1. The topological polar surface area (TPSA) is 64.0 Å². The fraction of sp³-hybridized carbons (Fsp3) is 0.238. The minimum absolute atomic E-state index is 0.0640. The van der Waals surface area contributed by atoms with Gasteiger partial charge in [0, 0.05) is 33.6 Å². The number of para-hydroxylation sites is 1. The maximum atomic E-state index is 11.1. The highest BCUT2D eigenvalue weighted by Crippen LogP contribution is 2.36. The number of hydrogen-bond acceptors (Lipinski definition) is 4.